The summed E-state index contributed by atoms with van der Waals surface area (Å²) in [6.45, 7) is 1.72. The fourth-order valence-electron chi connectivity index (χ4n) is 0.525. The van der Waals surface area contributed by atoms with E-state index in [4.69, 9.17) is 5.11 Å². The molecule has 0 atom stereocenters. The third-order valence-electron chi connectivity index (χ3n) is 1.09. The second-order valence-corrected chi connectivity index (χ2v) is 1.89. The molecular weight excluding hydrogens is 132 g/mol. The molecule has 0 amide bonds. The van der Waals surface area contributed by atoms with Gasteiger partial charge in [0.15, 0.2) is 0 Å². The Balaban J connectivity index is 3.80. The molecule has 0 aromatic carbocycles. The molecule has 0 spiro atoms. The van der Waals surface area contributed by atoms with Gasteiger partial charge in [-0.3, -0.25) is 0 Å². The van der Waals surface area contributed by atoms with Gasteiger partial charge in [0.2, 0.25) is 0 Å². The second kappa shape index (κ2) is 4.99. The van der Waals surface area contributed by atoms with Crippen LogP contribution in [0.5, 0.6) is 0 Å². The summed E-state index contributed by atoms with van der Waals surface area (Å²) in [4.78, 5) is 10.6. The van der Waals surface area contributed by atoms with E-state index in [1.54, 1.807) is 13.0 Å². The Hall–Kier alpha value is -0.830. The van der Waals surface area contributed by atoms with Gasteiger partial charge < -0.3 is 9.84 Å². The van der Waals surface area contributed by atoms with Crippen LogP contribution in [-0.2, 0) is 9.53 Å². The van der Waals surface area contributed by atoms with Crippen molar-refractivity contribution in [2.75, 3.05) is 13.7 Å². The molecule has 0 aliphatic carbocycles. The van der Waals surface area contributed by atoms with E-state index in [2.05, 4.69) is 4.74 Å². The zero-order valence-corrected chi connectivity index (χ0v) is 6.26. The van der Waals surface area contributed by atoms with Gasteiger partial charge in [-0.2, -0.15) is 0 Å². The predicted molar refractivity (Wildman–Crippen MR) is 37.5 cm³/mol. The number of rotatable bonds is 3. The van der Waals surface area contributed by atoms with E-state index in [0.29, 0.717) is 12.0 Å². The molecule has 10 heavy (non-hydrogen) atoms. The van der Waals surface area contributed by atoms with Crippen molar-refractivity contribution < 1.29 is 14.6 Å². The third kappa shape index (κ3) is 3.25. The Labute approximate surface area is 60.3 Å². The average Bonchev–Trinajstić information content (AvgIpc) is 1.98. The molecule has 0 aromatic rings. The SMILES string of the molecule is COC(=O)/C(C)=C/CCO. The number of hydrogen-bond donors (Lipinski definition) is 1. The molecule has 0 saturated carbocycles. The number of aliphatic hydroxyl groups is 1. The zero-order chi connectivity index (χ0) is 7.98. The van der Waals surface area contributed by atoms with Crippen LogP contribution in [0.1, 0.15) is 13.3 Å². The minimum atomic E-state index is -0.339. The van der Waals surface area contributed by atoms with Crippen LogP contribution in [-0.4, -0.2) is 24.8 Å². The van der Waals surface area contributed by atoms with Crippen LogP contribution < -0.4 is 0 Å². The van der Waals surface area contributed by atoms with Crippen LogP contribution in [0.4, 0.5) is 0 Å². The van der Waals surface area contributed by atoms with Crippen molar-refractivity contribution in [2.24, 2.45) is 0 Å². The molecule has 0 aliphatic heterocycles. The van der Waals surface area contributed by atoms with Crippen molar-refractivity contribution in [1.29, 1.82) is 0 Å². The van der Waals surface area contributed by atoms with Gasteiger partial charge in [0.25, 0.3) is 0 Å². The lowest BCUT2D eigenvalue weighted by Crippen LogP contribution is -2.01. The maximum atomic E-state index is 10.6. The predicted octanol–water partition coefficient (Wildman–Crippen LogP) is 0.488. The molecule has 0 aromatic heterocycles. The molecule has 3 nitrogen and oxygen atoms in total. The summed E-state index contributed by atoms with van der Waals surface area (Å²) in [6.07, 6.45) is 2.15. The van der Waals surface area contributed by atoms with Gasteiger partial charge in [-0.1, -0.05) is 6.08 Å². The van der Waals surface area contributed by atoms with E-state index < -0.39 is 0 Å². The van der Waals surface area contributed by atoms with E-state index in [9.17, 15) is 4.79 Å². The fourth-order valence-corrected chi connectivity index (χ4v) is 0.525. The van der Waals surface area contributed by atoms with Gasteiger partial charge in [-0.15, -0.1) is 0 Å². The summed E-state index contributed by atoms with van der Waals surface area (Å²) in [5.74, 6) is -0.339. The largest absolute Gasteiger partial charge is 0.466 e. The first-order valence-corrected chi connectivity index (χ1v) is 3.08. The molecule has 0 radical (unpaired) electrons. The lowest BCUT2D eigenvalue weighted by Gasteiger charge is -1.96. The number of carbonyl (C=O) groups excluding carboxylic acids is 1. The van der Waals surface area contributed by atoms with Crippen molar-refractivity contribution >= 4 is 5.97 Å². The summed E-state index contributed by atoms with van der Waals surface area (Å²) < 4.78 is 4.42. The van der Waals surface area contributed by atoms with Crippen LogP contribution in [0.2, 0.25) is 0 Å². The number of esters is 1. The molecular formula is C7H12O3. The zero-order valence-electron chi connectivity index (χ0n) is 6.26. The number of methoxy groups -OCH3 is 1. The Kier molecular flexibility index (Phi) is 4.58. The van der Waals surface area contributed by atoms with E-state index in [-0.39, 0.29) is 12.6 Å². The standard InChI is InChI=1S/C7H12O3/c1-6(4-3-5-8)7(9)10-2/h4,8H,3,5H2,1-2H3/b6-4+. The van der Waals surface area contributed by atoms with Crippen LogP contribution in [0.25, 0.3) is 0 Å². The molecule has 0 heterocycles. The van der Waals surface area contributed by atoms with E-state index >= 15 is 0 Å². The lowest BCUT2D eigenvalue weighted by molar-refractivity contribution is -0.136. The van der Waals surface area contributed by atoms with Crippen LogP contribution >= 0.6 is 0 Å². The fraction of sp³-hybridized carbons (Fsp3) is 0.571. The van der Waals surface area contributed by atoms with E-state index in [1.807, 2.05) is 0 Å². The number of ether oxygens (including phenoxy) is 1. The Morgan fingerprint density at radius 3 is 2.70 bits per heavy atom. The molecule has 0 fully saturated rings. The molecule has 0 saturated heterocycles. The molecule has 1 N–H and O–H groups in total. The highest BCUT2D eigenvalue weighted by molar-refractivity contribution is 5.87. The molecule has 58 valence electrons. The van der Waals surface area contributed by atoms with Crippen molar-refractivity contribution in [3.8, 4) is 0 Å². The maximum Gasteiger partial charge on any atom is 0.333 e. The number of carbonyl (C=O) groups is 1. The first kappa shape index (κ1) is 9.17. The van der Waals surface area contributed by atoms with Crippen LogP contribution in [0, 0.1) is 0 Å². The Morgan fingerprint density at radius 2 is 2.30 bits per heavy atom. The molecule has 0 bridgehead atoms. The van der Waals surface area contributed by atoms with Gasteiger partial charge >= 0.3 is 5.97 Å². The van der Waals surface area contributed by atoms with E-state index in [0.717, 1.165) is 0 Å². The monoisotopic (exact) mass is 144 g/mol. The Morgan fingerprint density at radius 1 is 1.70 bits per heavy atom. The molecule has 0 unspecified atom stereocenters. The topological polar surface area (TPSA) is 46.5 Å². The van der Waals surface area contributed by atoms with Crippen molar-refractivity contribution in [3.05, 3.63) is 11.6 Å². The van der Waals surface area contributed by atoms with Gasteiger partial charge in [-0.25, -0.2) is 4.79 Å². The van der Waals surface area contributed by atoms with Gasteiger partial charge in [0.05, 0.1) is 7.11 Å². The summed E-state index contributed by atoms with van der Waals surface area (Å²) >= 11 is 0. The maximum absolute atomic E-state index is 10.6. The van der Waals surface area contributed by atoms with Crippen molar-refractivity contribution in [3.63, 3.8) is 0 Å². The minimum absolute atomic E-state index is 0.0638. The highest BCUT2D eigenvalue weighted by Gasteiger charge is 2.00. The molecule has 0 rings (SSSR count). The molecule has 3 heteroatoms. The van der Waals surface area contributed by atoms with Crippen LogP contribution in [0.15, 0.2) is 11.6 Å². The van der Waals surface area contributed by atoms with Crippen LogP contribution in [0.3, 0.4) is 0 Å². The highest BCUT2D eigenvalue weighted by Crippen LogP contribution is 1.96. The van der Waals surface area contributed by atoms with Gasteiger partial charge in [-0.05, 0) is 13.3 Å². The van der Waals surface area contributed by atoms with E-state index in [1.165, 1.54) is 7.11 Å². The minimum Gasteiger partial charge on any atom is -0.466 e. The van der Waals surface area contributed by atoms with Crippen molar-refractivity contribution in [2.45, 2.75) is 13.3 Å². The van der Waals surface area contributed by atoms with Gasteiger partial charge in [0, 0.05) is 12.2 Å². The second-order valence-electron chi connectivity index (χ2n) is 1.89. The summed E-state index contributed by atoms with van der Waals surface area (Å²) in [5, 5.41) is 8.37. The highest BCUT2D eigenvalue weighted by atomic mass is 16.5. The third-order valence-corrected chi connectivity index (χ3v) is 1.09. The molecule has 0 aliphatic rings. The summed E-state index contributed by atoms with van der Waals surface area (Å²) in [5.41, 5.74) is 0.538. The quantitative estimate of drug-likeness (QED) is 0.463. The van der Waals surface area contributed by atoms with Crippen molar-refractivity contribution in [1.82, 2.24) is 0 Å². The van der Waals surface area contributed by atoms with Gasteiger partial charge in [0.1, 0.15) is 0 Å². The number of hydrogen-bond acceptors (Lipinski definition) is 3. The number of aliphatic hydroxyl groups excluding tert-OH is 1. The summed E-state index contributed by atoms with van der Waals surface area (Å²) in [6, 6.07) is 0. The average molecular weight is 144 g/mol. The normalized spacial score (nSPS) is 11.3. The smallest absolute Gasteiger partial charge is 0.333 e. The lowest BCUT2D eigenvalue weighted by atomic mass is 10.2. The first-order valence-electron chi connectivity index (χ1n) is 3.08. The summed E-state index contributed by atoms with van der Waals surface area (Å²) in [7, 11) is 1.33. The Bertz CT molecular complexity index is 138. The first-order chi connectivity index (χ1) is 4.72.